The zero-order valence-corrected chi connectivity index (χ0v) is 15.3. The SMILES string of the molecule is COC(=O)CCN(CCc1ccccc1)C1CCNCC1.Cl.Cl. The number of hydrogen-bond donors (Lipinski definition) is 1. The Balaban J connectivity index is 0.00000242. The van der Waals surface area contributed by atoms with Crippen molar-refractivity contribution in [3.05, 3.63) is 35.9 Å². The second-order valence-corrected chi connectivity index (χ2v) is 5.58. The molecule has 1 aromatic carbocycles. The molecule has 4 nitrogen and oxygen atoms in total. The molecule has 23 heavy (non-hydrogen) atoms. The van der Waals surface area contributed by atoms with Crippen LogP contribution >= 0.6 is 24.8 Å². The average Bonchev–Trinajstić information content (AvgIpc) is 2.56. The number of carbonyl (C=O) groups is 1. The van der Waals surface area contributed by atoms with Gasteiger partial charge < -0.3 is 10.1 Å². The molecule has 0 aromatic heterocycles. The van der Waals surface area contributed by atoms with Gasteiger partial charge in [-0.3, -0.25) is 9.69 Å². The molecule has 1 aliphatic rings. The van der Waals surface area contributed by atoms with Gasteiger partial charge in [-0.2, -0.15) is 0 Å². The van der Waals surface area contributed by atoms with Crippen LogP contribution in [-0.4, -0.2) is 50.2 Å². The Morgan fingerprint density at radius 2 is 1.83 bits per heavy atom. The highest BCUT2D eigenvalue weighted by Crippen LogP contribution is 2.14. The Bertz CT molecular complexity index is 426. The molecule has 0 amide bonds. The molecule has 1 heterocycles. The molecule has 132 valence electrons. The van der Waals surface area contributed by atoms with E-state index in [9.17, 15) is 4.79 Å². The predicted octanol–water partition coefficient (Wildman–Crippen LogP) is 2.69. The minimum atomic E-state index is -0.117. The average molecular weight is 363 g/mol. The van der Waals surface area contributed by atoms with E-state index in [1.165, 1.54) is 12.7 Å². The van der Waals surface area contributed by atoms with Gasteiger partial charge in [0.25, 0.3) is 0 Å². The number of hydrogen-bond acceptors (Lipinski definition) is 4. The standard InChI is InChI=1S/C17H26N2O2.2ClH/c1-21-17(20)10-14-19(16-7-11-18-12-8-16)13-9-15-5-3-2-4-6-15;;/h2-6,16,18H,7-14H2,1H3;2*1H. The van der Waals surface area contributed by atoms with E-state index in [0.29, 0.717) is 12.5 Å². The summed E-state index contributed by atoms with van der Waals surface area (Å²) in [5.74, 6) is -0.117. The Kier molecular flexibility index (Phi) is 12.1. The Labute approximate surface area is 151 Å². The number of halogens is 2. The van der Waals surface area contributed by atoms with Crippen molar-refractivity contribution >= 4 is 30.8 Å². The number of benzene rings is 1. The van der Waals surface area contributed by atoms with Crippen LogP contribution < -0.4 is 5.32 Å². The number of nitrogens with zero attached hydrogens (tertiary/aromatic N) is 1. The highest BCUT2D eigenvalue weighted by molar-refractivity contribution is 5.85. The lowest BCUT2D eigenvalue weighted by Crippen LogP contribution is -2.44. The lowest BCUT2D eigenvalue weighted by atomic mass is 10.0. The van der Waals surface area contributed by atoms with Gasteiger partial charge >= 0.3 is 5.97 Å². The van der Waals surface area contributed by atoms with Crippen molar-refractivity contribution in [2.45, 2.75) is 31.7 Å². The summed E-state index contributed by atoms with van der Waals surface area (Å²) in [5.41, 5.74) is 1.36. The van der Waals surface area contributed by atoms with Crippen LogP contribution in [0.15, 0.2) is 30.3 Å². The summed E-state index contributed by atoms with van der Waals surface area (Å²) in [4.78, 5) is 13.9. The number of methoxy groups -OCH3 is 1. The first-order valence-electron chi connectivity index (χ1n) is 7.85. The largest absolute Gasteiger partial charge is 0.469 e. The van der Waals surface area contributed by atoms with Crippen molar-refractivity contribution in [1.29, 1.82) is 0 Å². The summed E-state index contributed by atoms with van der Waals surface area (Å²) in [5, 5.41) is 3.40. The van der Waals surface area contributed by atoms with Crippen LogP contribution in [0.2, 0.25) is 0 Å². The summed E-state index contributed by atoms with van der Waals surface area (Å²) in [6.07, 6.45) is 3.84. The maximum Gasteiger partial charge on any atom is 0.306 e. The van der Waals surface area contributed by atoms with Crippen LogP contribution in [0.5, 0.6) is 0 Å². The van der Waals surface area contributed by atoms with Crippen molar-refractivity contribution in [1.82, 2.24) is 10.2 Å². The van der Waals surface area contributed by atoms with Gasteiger partial charge in [0, 0.05) is 19.1 Å². The van der Waals surface area contributed by atoms with Gasteiger partial charge in [-0.1, -0.05) is 30.3 Å². The van der Waals surface area contributed by atoms with E-state index in [1.807, 2.05) is 6.07 Å². The van der Waals surface area contributed by atoms with Crippen molar-refractivity contribution in [2.75, 3.05) is 33.3 Å². The molecule has 2 rings (SSSR count). The van der Waals surface area contributed by atoms with E-state index in [1.54, 1.807) is 0 Å². The fraction of sp³-hybridized carbons (Fsp3) is 0.588. The second-order valence-electron chi connectivity index (χ2n) is 5.58. The van der Waals surface area contributed by atoms with Crippen LogP contribution in [0.25, 0.3) is 0 Å². The van der Waals surface area contributed by atoms with Crippen LogP contribution in [-0.2, 0) is 16.0 Å². The monoisotopic (exact) mass is 362 g/mol. The fourth-order valence-electron chi connectivity index (χ4n) is 2.90. The normalized spacial score (nSPS) is 14.7. The van der Waals surface area contributed by atoms with Crippen LogP contribution in [0.1, 0.15) is 24.8 Å². The number of esters is 1. The highest BCUT2D eigenvalue weighted by Gasteiger charge is 2.21. The predicted molar refractivity (Wildman–Crippen MR) is 98.7 cm³/mol. The van der Waals surface area contributed by atoms with E-state index in [0.717, 1.165) is 45.4 Å². The molecule has 1 aliphatic heterocycles. The lowest BCUT2D eigenvalue weighted by Gasteiger charge is -2.34. The molecule has 0 unspecified atom stereocenters. The number of carbonyl (C=O) groups excluding carboxylic acids is 1. The van der Waals surface area contributed by atoms with Crippen molar-refractivity contribution < 1.29 is 9.53 Å². The third-order valence-electron chi connectivity index (χ3n) is 4.19. The maximum absolute atomic E-state index is 11.4. The molecule has 0 atom stereocenters. The Morgan fingerprint density at radius 3 is 2.43 bits per heavy atom. The van der Waals surface area contributed by atoms with E-state index >= 15 is 0 Å². The molecule has 1 N–H and O–H groups in total. The zero-order valence-electron chi connectivity index (χ0n) is 13.7. The minimum Gasteiger partial charge on any atom is -0.469 e. The second kappa shape index (κ2) is 12.6. The summed E-state index contributed by atoms with van der Waals surface area (Å²) >= 11 is 0. The summed E-state index contributed by atoms with van der Waals surface area (Å²) < 4.78 is 4.77. The van der Waals surface area contributed by atoms with Gasteiger partial charge in [0.15, 0.2) is 0 Å². The van der Waals surface area contributed by atoms with Gasteiger partial charge in [0.2, 0.25) is 0 Å². The van der Waals surface area contributed by atoms with Gasteiger partial charge in [0.1, 0.15) is 0 Å². The maximum atomic E-state index is 11.4. The Morgan fingerprint density at radius 1 is 1.17 bits per heavy atom. The molecule has 0 saturated carbocycles. The molecular formula is C17H28Cl2N2O2. The van der Waals surface area contributed by atoms with Gasteiger partial charge in [0.05, 0.1) is 13.5 Å². The summed E-state index contributed by atoms with van der Waals surface area (Å²) in [6, 6.07) is 11.1. The molecule has 1 saturated heterocycles. The van der Waals surface area contributed by atoms with Crippen LogP contribution in [0.3, 0.4) is 0 Å². The third-order valence-corrected chi connectivity index (χ3v) is 4.19. The molecule has 0 aliphatic carbocycles. The number of ether oxygens (including phenoxy) is 1. The molecule has 1 aromatic rings. The lowest BCUT2D eigenvalue weighted by molar-refractivity contribution is -0.141. The first-order valence-corrected chi connectivity index (χ1v) is 7.85. The quantitative estimate of drug-likeness (QED) is 0.757. The smallest absolute Gasteiger partial charge is 0.306 e. The number of piperidine rings is 1. The zero-order chi connectivity index (χ0) is 14.9. The fourth-order valence-corrected chi connectivity index (χ4v) is 2.90. The van der Waals surface area contributed by atoms with Gasteiger partial charge in [-0.15, -0.1) is 24.8 Å². The van der Waals surface area contributed by atoms with Crippen LogP contribution in [0, 0.1) is 0 Å². The van der Waals surface area contributed by atoms with Crippen molar-refractivity contribution in [3.8, 4) is 0 Å². The number of rotatable bonds is 7. The molecule has 0 spiro atoms. The van der Waals surface area contributed by atoms with Crippen molar-refractivity contribution in [3.63, 3.8) is 0 Å². The van der Waals surface area contributed by atoms with E-state index < -0.39 is 0 Å². The van der Waals surface area contributed by atoms with E-state index in [4.69, 9.17) is 4.74 Å². The molecule has 0 radical (unpaired) electrons. The minimum absolute atomic E-state index is 0. The molecule has 0 bridgehead atoms. The van der Waals surface area contributed by atoms with E-state index in [2.05, 4.69) is 34.5 Å². The summed E-state index contributed by atoms with van der Waals surface area (Å²) in [6.45, 7) is 3.95. The summed E-state index contributed by atoms with van der Waals surface area (Å²) in [7, 11) is 1.46. The first-order chi connectivity index (χ1) is 10.3. The Hall–Kier alpha value is -0.810. The topological polar surface area (TPSA) is 41.6 Å². The molecule has 6 heteroatoms. The van der Waals surface area contributed by atoms with E-state index in [-0.39, 0.29) is 30.8 Å². The highest BCUT2D eigenvalue weighted by atomic mass is 35.5. The van der Waals surface area contributed by atoms with Gasteiger partial charge in [-0.25, -0.2) is 0 Å². The first kappa shape index (κ1) is 22.2. The van der Waals surface area contributed by atoms with Gasteiger partial charge in [-0.05, 0) is 37.9 Å². The molecule has 1 fully saturated rings. The van der Waals surface area contributed by atoms with Crippen molar-refractivity contribution in [2.24, 2.45) is 0 Å². The van der Waals surface area contributed by atoms with Crippen LogP contribution in [0.4, 0.5) is 0 Å². The number of nitrogens with one attached hydrogen (secondary N) is 1. The third kappa shape index (κ3) is 8.02. The molecular weight excluding hydrogens is 335 g/mol.